The van der Waals surface area contributed by atoms with E-state index in [2.05, 4.69) is 93.7 Å². The molecule has 2 aromatic carbocycles. The average Bonchev–Trinajstić information content (AvgIpc) is 2.78. The predicted octanol–water partition coefficient (Wildman–Crippen LogP) is 7.29. The number of unbranched alkanes of at least 4 members (excludes halogenated alkanes) is 1. The molecule has 1 aliphatic heterocycles. The van der Waals surface area contributed by atoms with Crippen molar-refractivity contribution in [2.75, 3.05) is 7.05 Å². The van der Waals surface area contributed by atoms with Gasteiger partial charge in [0.25, 0.3) is 0 Å². The minimum Gasteiger partial charge on any atom is -0.350 e. The quantitative estimate of drug-likeness (QED) is 0.429. The summed E-state index contributed by atoms with van der Waals surface area (Å²) in [5, 5.41) is 0. The molecule has 0 saturated carbocycles. The van der Waals surface area contributed by atoms with E-state index >= 15 is 0 Å². The first kappa shape index (κ1) is 21.9. The molecule has 1 heteroatoms. The number of aryl methyl sites for hydroxylation is 4. The molecule has 0 aliphatic carbocycles. The van der Waals surface area contributed by atoms with Crippen LogP contribution in [0.15, 0.2) is 85.1 Å². The molecule has 0 aromatic heterocycles. The third-order valence-corrected chi connectivity index (χ3v) is 6.02. The smallest absolute Gasteiger partial charge is 0.0486 e. The van der Waals surface area contributed by atoms with Gasteiger partial charge in [0.2, 0.25) is 0 Å². The molecule has 0 spiro atoms. The third kappa shape index (κ3) is 5.02. The number of benzene rings is 2. The van der Waals surface area contributed by atoms with Gasteiger partial charge in [-0.15, -0.1) is 0 Å². The Morgan fingerprint density at radius 1 is 0.933 bits per heavy atom. The molecule has 30 heavy (non-hydrogen) atoms. The largest absolute Gasteiger partial charge is 0.350 e. The molecular weight excluding hydrogens is 362 g/mol. The van der Waals surface area contributed by atoms with Gasteiger partial charge in [-0.2, -0.15) is 0 Å². The highest BCUT2D eigenvalue weighted by Gasteiger charge is 2.18. The van der Waals surface area contributed by atoms with Gasteiger partial charge in [-0.05, 0) is 77.6 Å². The standard InChI is InChI=1S/C29H35N/c1-6-9-15-27-19-26(17-16-23-13-11-10-12-14-23)24(7-2)20-28(27)29-18-22(4)25(8-3)21-30(29)5/h8,10-14,18-21H,3-4,6-7,9,15-17H2,1-2,5H3. The van der Waals surface area contributed by atoms with Gasteiger partial charge in [-0.3, -0.25) is 0 Å². The van der Waals surface area contributed by atoms with Crippen LogP contribution in [0.2, 0.25) is 0 Å². The van der Waals surface area contributed by atoms with Gasteiger partial charge in [0.05, 0.1) is 0 Å². The van der Waals surface area contributed by atoms with Gasteiger partial charge in [-0.25, -0.2) is 0 Å². The first-order valence-electron chi connectivity index (χ1n) is 11.2. The van der Waals surface area contributed by atoms with Gasteiger partial charge < -0.3 is 4.90 Å². The zero-order valence-corrected chi connectivity index (χ0v) is 18.9. The summed E-state index contributed by atoms with van der Waals surface area (Å²) in [5.41, 5.74) is 10.5. The maximum atomic E-state index is 4.25. The van der Waals surface area contributed by atoms with Crippen LogP contribution in [0.1, 0.15) is 54.5 Å². The van der Waals surface area contributed by atoms with Gasteiger partial charge in [0, 0.05) is 24.5 Å². The molecule has 1 aliphatic rings. The molecule has 0 amide bonds. The van der Waals surface area contributed by atoms with Gasteiger partial charge in [-0.1, -0.05) is 75.9 Å². The molecule has 3 rings (SSSR count). The monoisotopic (exact) mass is 397 g/mol. The van der Waals surface area contributed by atoms with Crippen LogP contribution < -0.4 is 0 Å². The molecule has 1 heterocycles. The number of hydrogen-bond acceptors (Lipinski definition) is 1. The Morgan fingerprint density at radius 2 is 1.70 bits per heavy atom. The Bertz CT molecular complexity index is 959. The first-order chi connectivity index (χ1) is 14.6. The Hall–Kier alpha value is -2.80. The lowest BCUT2D eigenvalue weighted by atomic mass is 9.88. The molecule has 2 aromatic rings. The molecule has 0 unspecified atom stereocenters. The number of rotatable bonds is 9. The van der Waals surface area contributed by atoms with Crippen LogP contribution >= 0.6 is 0 Å². The molecule has 0 N–H and O–H groups in total. The van der Waals surface area contributed by atoms with Crippen molar-refractivity contribution in [2.24, 2.45) is 0 Å². The van der Waals surface area contributed by atoms with Crippen molar-refractivity contribution in [1.29, 1.82) is 0 Å². The van der Waals surface area contributed by atoms with Crippen LogP contribution in [0.25, 0.3) is 5.70 Å². The van der Waals surface area contributed by atoms with E-state index in [-0.39, 0.29) is 0 Å². The van der Waals surface area contributed by atoms with Gasteiger partial charge in [0.15, 0.2) is 0 Å². The van der Waals surface area contributed by atoms with E-state index in [1.807, 2.05) is 6.08 Å². The molecule has 0 fully saturated rings. The van der Waals surface area contributed by atoms with E-state index in [9.17, 15) is 0 Å². The van der Waals surface area contributed by atoms with Crippen molar-refractivity contribution in [3.8, 4) is 0 Å². The summed E-state index contributed by atoms with van der Waals surface area (Å²) in [6.45, 7) is 12.7. The average molecular weight is 398 g/mol. The Kier molecular flexibility index (Phi) is 7.52. The van der Waals surface area contributed by atoms with Crippen molar-refractivity contribution in [3.05, 3.63) is 113 Å². The second-order valence-corrected chi connectivity index (χ2v) is 8.18. The third-order valence-electron chi connectivity index (χ3n) is 6.02. The summed E-state index contributed by atoms with van der Waals surface area (Å²) < 4.78 is 0. The minimum atomic E-state index is 1.03. The fourth-order valence-corrected chi connectivity index (χ4v) is 4.20. The molecular formula is C29H35N. The van der Waals surface area contributed by atoms with Gasteiger partial charge >= 0.3 is 0 Å². The molecule has 0 saturated heterocycles. The summed E-state index contributed by atoms with van der Waals surface area (Å²) in [6.07, 6.45) is 13.0. The van der Waals surface area contributed by atoms with Crippen molar-refractivity contribution in [3.63, 3.8) is 0 Å². The van der Waals surface area contributed by atoms with Crippen molar-refractivity contribution in [2.45, 2.75) is 52.4 Å². The van der Waals surface area contributed by atoms with E-state index in [0.717, 1.165) is 36.8 Å². The normalized spacial score (nSPS) is 13.8. The van der Waals surface area contributed by atoms with Crippen LogP contribution in [-0.4, -0.2) is 11.9 Å². The number of nitrogens with zero attached hydrogens (tertiary/aromatic N) is 1. The van der Waals surface area contributed by atoms with Crippen molar-refractivity contribution < 1.29 is 0 Å². The zero-order chi connectivity index (χ0) is 21.5. The molecule has 0 atom stereocenters. The summed E-state index contributed by atoms with van der Waals surface area (Å²) in [7, 11) is 2.13. The zero-order valence-electron chi connectivity index (χ0n) is 18.9. The Morgan fingerprint density at radius 3 is 2.37 bits per heavy atom. The van der Waals surface area contributed by atoms with Crippen LogP contribution in [-0.2, 0) is 25.7 Å². The highest BCUT2D eigenvalue weighted by Crippen LogP contribution is 2.33. The van der Waals surface area contributed by atoms with Gasteiger partial charge in [0.1, 0.15) is 0 Å². The van der Waals surface area contributed by atoms with Crippen LogP contribution in [0.4, 0.5) is 0 Å². The van der Waals surface area contributed by atoms with E-state index in [1.165, 1.54) is 46.4 Å². The lowest BCUT2D eigenvalue weighted by Gasteiger charge is -2.28. The number of hydrogen-bond donors (Lipinski definition) is 0. The van der Waals surface area contributed by atoms with E-state index in [1.54, 1.807) is 0 Å². The topological polar surface area (TPSA) is 3.24 Å². The Balaban J connectivity index is 1.98. The van der Waals surface area contributed by atoms with Crippen LogP contribution in [0, 0.1) is 0 Å². The van der Waals surface area contributed by atoms with E-state index < -0.39 is 0 Å². The predicted molar refractivity (Wildman–Crippen MR) is 131 cm³/mol. The second kappa shape index (κ2) is 10.3. The lowest BCUT2D eigenvalue weighted by molar-refractivity contribution is 0.642. The highest BCUT2D eigenvalue weighted by molar-refractivity contribution is 5.75. The summed E-state index contributed by atoms with van der Waals surface area (Å²) in [6, 6.07) is 15.7. The molecule has 0 bridgehead atoms. The summed E-state index contributed by atoms with van der Waals surface area (Å²) >= 11 is 0. The summed E-state index contributed by atoms with van der Waals surface area (Å²) in [4.78, 5) is 2.22. The minimum absolute atomic E-state index is 1.03. The van der Waals surface area contributed by atoms with Crippen LogP contribution in [0.5, 0.6) is 0 Å². The van der Waals surface area contributed by atoms with E-state index in [4.69, 9.17) is 0 Å². The lowest BCUT2D eigenvalue weighted by Crippen LogP contribution is -2.16. The Labute approximate surface area is 183 Å². The summed E-state index contributed by atoms with van der Waals surface area (Å²) in [5.74, 6) is 0. The maximum Gasteiger partial charge on any atom is 0.0486 e. The fourth-order valence-electron chi connectivity index (χ4n) is 4.20. The fraction of sp³-hybridized carbons (Fsp3) is 0.310. The molecule has 156 valence electrons. The first-order valence-corrected chi connectivity index (χ1v) is 11.2. The maximum absolute atomic E-state index is 4.25. The van der Waals surface area contributed by atoms with Crippen LogP contribution in [0.3, 0.4) is 0 Å². The molecule has 1 nitrogen and oxygen atoms in total. The highest BCUT2D eigenvalue weighted by atomic mass is 15.1. The van der Waals surface area contributed by atoms with E-state index in [0.29, 0.717) is 0 Å². The van der Waals surface area contributed by atoms with Crippen molar-refractivity contribution >= 4 is 5.70 Å². The number of allylic oxidation sites excluding steroid dienone is 4. The SMILES string of the molecule is C=CC1=CN(C)C(c2cc(CC)c(CCc3ccccc3)cc2CCCC)=CC1=C. The second-order valence-electron chi connectivity index (χ2n) is 8.18. The molecule has 0 radical (unpaired) electrons. The van der Waals surface area contributed by atoms with Crippen molar-refractivity contribution in [1.82, 2.24) is 4.90 Å².